The molecular formula is C18H24N4O2. The normalized spacial score (nSPS) is 22.0. The molecule has 128 valence electrons. The highest BCUT2D eigenvalue weighted by Gasteiger charge is 2.26. The summed E-state index contributed by atoms with van der Waals surface area (Å²) in [4.78, 5) is 11.5. The summed E-state index contributed by atoms with van der Waals surface area (Å²) < 4.78 is 11.0. The predicted octanol–water partition coefficient (Wildman–Crippen LogP) is 3.40. The van der Waals surface area contributed by atoms with Gasteiger partial charge in [0.15, 0.2) is 5.82 Å². The molecule has 0 aromatic carbocycles. The van der Waals surface area contributed by atoms with E-state index in [1.165, 1.54) is 32.1 Å². The summed E-state index contributed by atoms with van der Waals surface area (Å²) in [7, 11) is 2.13. The lowest BCUT2D eigenvalue weighted by Crippen LogP contribution is -2.34. The van der Waals surface area contributed by atoms with Crippen LogP contribution in [-0.2, 0) is 4.74 Å². The van der Waals surface area contributed by atoms with E-state index in [2.05, 4.69) is 27.1 Å². The average Bonchev–Trinajstić information content (AvgIpc) is 3.33. The van der Waals surface area contributed by atoms with E-state index in [0.717, 1.165) is 30.2 Å². The molecule has 0 radical (unpaired) electrons. The number of anilines is 1. The smallest absolute Gasteiger partial charge is 0.261 e. The highest BCUT2D eigenvalue weighted by atomic mass is 16.5. The minimum Gasteiger partial charge on any atom is -0.381 e. The molecule has 1 aliphatic carbocycles. The molecule has 6 nitrogen and oxygen atoms in total. The number of ether oxygens (including phenoxy) is 1. The van der Waals surface area contributed by atoms with Gasteiger partial charge in [-0.15, -0.1) is 0 Å². The van der Waals surface area contributed by atoms with Gasteiger partial charge in [0.1, 0.15) is 5.82 Å². The van der Waals surface area contributed by atoms with Crippen LogP contribution in [0.1, 0.15) is 50.3 Å². The van der Waals surface area contributed by atoms with Crippen molar-refractivity contribution in [2.24, 2.45) is 0 Å². The van der Waals surface area contributed by atoms with Gasteiger partial charge in [-0.1, -0.05) is 24.4 Å². The third-order valence-electron chi connectivity index (χ3n) is 5.21. The maximum absolute atomic E-state index is 5.56. The fourth-order valence-electron chi connectivity index (χ4n) is 3.73. The molecule has 2 aliphatic rings. The highest BCUT2D eigenvalue weighted by Crippen LogP contribution is 2.33. The van der Waals surface area contributed by atoms with Crippen LogP contribution in [0.3, 0.4) is 0 Å². The Labute approximate surface area is 142 Å². The maximum atomic E-state index is 5.56. The van der Waals surface area contributed by atoms with E-state index in [0.29, 0.717) is 18.5 Å². The molecular weight excluding hydrogens is 304 g/mol. The molecule has 24 heavy (non-hydrogen) atoms. The SMILES string of the molecule is CN(c1ncccc1-c1nc(C2CCOC2)no1)C1CCCCC1. The molecule has 2 aromatic heterocycles. The van der Waals surface area contributed by atoms with Gasteiger partial charge in [-0.25, -0.2) is 4.98 Å². The van der Waals surface area contributed by atoms with E-state index in [-0.39, 0.29) is 5.92 Å². The van der Waals surface area contributed by atoms with Crippen molar-refractivity contribution in [1.29, 1.82) is 0 Å². The number of hydrogen-bond acceptors (Lipinski definition) is 6. The second kappa shape index (κ2) is 6.89. The first-order valence-electron chi connectivity index (χ1n) is 8.92. The lowest BCUT2D eigenvalue weighted by Gasteiger charge is -2.32. The number of rotatable bonds is 4. The lowest BCUT2D eigenvalue weighted by molar-refractivity contribution is 0.192. The summed E-state index contributed by atoms with van der Waals surface area (Å²) >= 11 is 0. The van der Waals surface area contributed by atoms with Gasteiger partial charge in [0.2, 0.25) is 0 Å². The minimum absolute atomic E-state index is 0.249. The molecule has 1 aliphatic heterocycles. The Morgan fingerprint density at radius 1 is 1.17 bits per heavy atom. The Hall–Kier alpha value is -1.95. The molecule has 0 spiro atoms. The molecule has 0 amide bonds. The van der Waals surface area contributed by atoms with E-state index in [9.17, 15) is 0 Å². The summed E-state index contributed by atoms with van der Waals surface area (Å²) in [5, 5.41) is 4.18. The van der Waals surface area contributed by atoms with E-state index in [1.54, 1.807) is 0 Å². The first kappa shape index (κ1) is 15.6. The van der Waals surface area contributed by atoms with Gasteiger partial charge in [-0.2, -0.15) is 4.98 Å². The third kappa shape index (κ3) is 3.02. The van der Waals surface area contributed by atoms with Crippen molar-refractivity contribution < 1.29 is 9.26 Å². The van der Waals surface area contributed by atoms with Crippen molar-refractivity contribution in [2.45, 2.75) is 50.5 Å². The molecule has 2 aromatic rings. The van der Waals surface area contributed by atoms with E-state index >= 15 is 0 Å². The summed E-state index contributed by atoms with van der Waals surface area (Å²) in [5.74, 6) is 2.49. The second-order valence-corrected chi connectivity index (χ2v) is 6.80. The number of pyridine rings is 1. The largest absolute Gasteiger partial charge is 0.381 e. The average molecular weight is 328 g/mol. The first-order valence-corrected chi connectivity index (χ1v) is 8.92. The zero-order chi connectivity index (χ0) is 16.4. The van der Waals surface area contributed by atoms with Gasteiger partial charge >= 0.3 is 0 Å². The van der Waals surface area contributed by atoms with E-state index in [1.807, 2.05) is 18.3 Å². The molecule has 1 saturated heterocycles. The molecule has 0 N–H and O–H groups in total. The van der Waals surface area contributed by atoms with Gasteiger partial charge in [0.25, 0.3) is 5.89 Å². The molecule has 2 fully saturated rings. The van der Waals surface area contributed by atoms with Crippen LogP contribution in [0.5, 0.6) is 0 Å². The molecule has 0 bridgehead atoms. The quantitative estimate of drug-likeness (QED) is 0.857. The molecule has 6 heteroatoms. The Kier molecular flexibility index (Phi) is 4.47. The van der Waals surface area contributed by atoms with Gasteiger partial charge in [-0.3, -0.25) is 0 Å². The molecule has 1 atom stereocenters. The van der Waals surface area contributed by atoms with Gasteiger partial charge in [0.05, 0.1) is 12.2 Å². The van der Waals surface area contributed by atoms with Crippen molar-refractivity contribution in [3.8, 4) is 11.5 Å². The zero-order valence-corrected chi connectivity index (χ0v) is 14.1. The monoisotopic (exact) mass is 328 g/mol. The van der Waals surface area contributed by atoms with Crippen molar-refractivity contribution in [3.63, 3.8) is 0 Å². The molecule has 4 rings (SSSR count). The van der Waals surface area contributed by atoms with Crippen molar-refractivity contribution in [3.05, 3.63) is 24.2 Å². The summed E-state index contributed by atoms with van der Waals surface area (Å²) in [6, 6.07) is 4.48. The predicted molar refractivity (Wildman–Crippen MR) is 91.0 cm³/mol. The fraction of sp³-hybridized carbons (Fsp3) is 0.611. The lowest BCUT2D eigenvalue weighted by atomic mass is 9.94. The van der Waals surface area contributed by atoms with E-state index in [4.69, 9.17) is 9.26 Å². The Balaban J connectivity index is 1.61. The minimum atomic E-state index is 0.249. The zero-order valence-electron chi connectivity index (χ0n) is 14.1. The number of nitrogens with zero attached hydrogens (tertiary/aromatic N) is 4. The maximum Gasteiger partial charge on any atom is 0.261 e. The highest BCUT2D eigenvalue weighted by molar-refractivity contribution is 5.69. The van der Waals surface area contributed by atoms with Crippen LogP contribution in [-0.4, -0.2) is 41.4 Å². The van der Waals surface area contributed by atoms with Crippen molar-refractivity contribution >= 4 is 5.82 Å². The second-order valence-electron chi connectivity index (χ2n) is 6.80. The summed E-state index contributed by atoms with van der Waals surface area (Å²) in [6.07, 6.45) is 9.17. The van der Waals surface area contributed by atoms with Crippen LogP contribution in [0.25, 0.3) is 11.5 Å². The van der Waals surface area contributed by atoms with Crippen molar-refractivity contribution in [1.82, 2.24) is 15.1 Å². The number of aromatic nitrogens is 3. The van der Waals surface area contributed by atoms with Crippen LogP contribution in [0.2, 0.25) is 0 Å². The Morgan fingerprint density at radius 2 is 2.04 bits per heavy atom. The van der Waals surface area contributed by atoms with Crippen molar-refractivity contribution in [2.75, 3.05) is 25.2 Å². The van der Waals surface area contributed by atoms with E-state index < -0.39 is 0 Å². The Bertz CT molecular complexity index is 675. The van der Waals surface area contributed by atoms with Crippen LogP contribution in [0, 0.1) is 0 Å². The summed E-state index contributed by atoms with van der Waals surface area (Å²) in [6.45, 7) is 1.46. The first-order chi connectivity index (χ1) is 11.8. The van der Waals surface area contributed by atoms with Crippen LogP contribution in [0.15, 0.2) is 22.9 Å². The van der Waals surface area contributed by atoms with Crippen LogP contribution < -0.4 is 4.90 Å². The standard InChI is InChI=1S/C18H24N4O2/c1-22(14-6-3-2-4-7-14)17-15(8-5-10-19-17)18-20-16(21-24-18)13-9-11-23-12-13/h5,8,10,13-14H,2-4,6-7,9,11-12H2,1H3. The third-order valence-corrected chi connectivity index (χ3v) is 5.21. The topological polar surface area (TPSA) is 64.3 Å². The van der Waals surface area contributed by atoms with Crippen LogP contribution >= 0.6 is 0 Å². The molecule has 1 saturated carbocycles. The van der Waals surface area contributed by atoms with Gasteiger partial charge in [0, 0.05) is 31.8 Å². The van der Waals surface area contributed by atoms with Gasteiger partial charge < -0.3 is 14.2 Å². The molecule has 3 heterocycles. The Morgan fingerprint density at radius 3 is 2.83 bits per heavy atom. The molecule has 1 unspecified atom stereocenters. The van der Waals surface area contributed by atoms with Gasteiger partial charge in [-0.05, 0) is 31.4 Å². The summed E-state index contributed by atoms with van der Waals surface area (Å²) in [5.41, 5.74) is 0.920. The fourth-order valence-corrected chi connectivity index (χ4v) is 3.73. The van der Waals surface area contributed by atoms with Crippen LogP contribution in [0.4, 0.5) is 5.82 Å². The number of hydrogen-bond donors (Lipinski definition) is 0.